The molecule has 0 aliphatic rings. The largest absolute Gasteiger partial charge is 0.453 e. The standard InChI is InChI=1S/C13H14O2/c1-4-11(14)12-7-10-6-8(2)5-9(3)13(10)15-12/h5-7H,4H2,1-3H3. The fourth-order valence-corrected chi connectivity index (χ4v) is 1.83. The van der Waals surface area contributed by atoms with E-state index in [4.69, 9.17) is 4.42 Å². The van der Waals surface area contributed by atoms with Crippen molar-refractivity contribution in [3.63, 3.8) is 0 Å². The summed E-state index contributed by atoms with van der Waals surface area (Å²) >= 11 is 0. The van der Waals surface area contributed by atoms with E-state index in [1.165, 1.54) is 5.56 Å². The molecule has 0 atom stereocenters. The minimum Gasteiger partial charge on any atom is -0.453 e. The van der Waals surface area contributed by atoms with Crippen LogP contribution >= 0.6 is 0 Å². The quantitative estimate of drug-likeness (QED) is 0.696. The van der Waals surface area contributed by atoms with E-state index < -0.39 is 0 Å². The van der Waals surface area contributed by atoms with Crippen LogP contribution in [-0.4, -0.2) is 5.78 Å². The van der Waals surface area contributed by atoms with Gasteiger partial charge in [-0.2, -0.15) is 0 Å². The van der Waals surface area contributed by atoms with Gasteiger partial charge in [-0.05, 0) is 31.5 Å². The van der Waals surface area contributed by atoms with E-state index >= 15 is 0 Å². The fourth-order valence-electron chi connectivity index (χ4n) is 1.83. The number of carbonyl (C=O) groups excluding carboxylic acids is 1. The molecule has 0 bridgehead atoms. The van der Waals surface area contributed by atoms with Crippen molar-refractivity contribution in [3.05, 3.63) is 35.1 Å². The van der Waals surface area contributed by atoms with Crippen molar-refractivity contribution in [2.75, 3.05) is 0 Å². The summed E-state index contributed by atoms with van der Waals surface area (Å²) in [4.78, 5) is 11.5. The first-order valence-electron chi connectivity index (χ1n) is 5.16. The molecule has 0 unspecified atom stereocenters. The van der Waals surface area contributed by atoms with Crippen molar-refractivity contribution in [2.45, 2.75) is 27.2 Å². The summed E-state index contributed by atoms with van der Waals surface area (Å²) in [6, 6.07) is 5.94. The number of ketones is 1. The number of aryl methyl sites for hydroxylation is 2. The van der Waals surface area contributed by atoms with Gasteiger partial charge in [-0.3, -0.25) is 4.79 Å². The Kier molecular flexibility index (Phi) is 2.35. The van der Waals surface area contributed by atoms with Gasteiger partial charge in [-0.15, -0.1) is 0 Å². The lowest BCUT2D eigenvalue weighted by Gasteiger charge is -1.96. The highest BCUT2D eigenvalue weighted by molar-refractivity contribution is 5.98. The van der Waals surface area contributed by atoms with Crippen molar-refractivity contribution in [3.8, 4) is 0 Å². The van der Waals surface area contributed by atoms with Crippen molar-refractivity contribution < 1.29 is 9.21 Å². The minimum atomic E-state index is 0.0586. The van der Waals surface area contributed by atoms with E-state index in [0.717, 1.165) is 16.5 Å². The Labute approximate surface area is 88.9 Å². The second-order valence-electron chi connectivity index (χ2n) is 3.89. The van der Waals surface area contributed by atoms with E-state index in [9.17, 15) is 4.79 Å². The molecule has 78 valence electrons. The number of Topliss-reactive ketones (excluding diaryl/α,β-unsaturated/α-hetero) is 1. The second kappa shape index (κ2) is 3.54. The molecular formula is C13H14O2. The van der Waals surface area contributed by atoms with Crippen molar-refractivity contribution in [1.29, 1.82) is 0 Å². The number of hydrogen-bond donors (Lipinski definition) is 0. The van der Waals surface area contributed by atoms with Crippen molar-refractivity contribution in [1.82, 2.24) is 0 Å². The van der Waals surface area contributed by atoms with Gasteiger partial charge in [-0.1, -0.05) is 18.6 Å². The zero-order valence-electron chi connectivity index (χ0n) is 9.26. The molecule has 0 radical (unpaired) electrons. The third-order valence-corrected chi connectivity index (χ3v) is 2.54. The van der Waals surface area contributed by atoms with Gasteiger partial charge >= 0.3 is 0 Å². The van der Waals surface area contributed by atoms with E-state index in [2.05, 4.69) is 6.07 Å². The van der Waals surface area contributed by atoms with E-state index in [0.29, 0.717) is 12.2 Å². The van der Waals surface area contributed by atoms with E-state index in [1.807, 2.05) is 32.9 Å². The van der Waals surface area contributed by atoms with Gasteiger partial charge in [0.1, 0.15) is 5.58 Å². The Morgan fingerprint density at radius 3 is 2.67 bits per heavy atom. The van der Waals surface area contributed by atoms with Gasteiger partial charge in [0.15, 0.2) is 11.5 Å². The number of rotatable bonds is 2. The van der Waals surface area contributed by atoms with E-state index in [-0.39, 0.29) is 5.78 Å². The van der Waals surface area contributed by atoms with Crippen LogP contribution in [0, 0.1) is 13.8 Å². The van der Waals surface area contributed by atoms with Gasteiger partial charge in [0.05, 0.1) is 0 Å². The Morgan fingerprint density at radius 1 is 1.27 bits per heavy atom. The second-order valence-corrected chi connectivity index (χ2v) is 3.89. The molecular weight excluding hydrogens is 188 g/mol. The summed E-state index contributed by atoms with van der Waals surface area (Å²) in [5, 5.41) is 1.02. The molecule has 2 rings (SSSR count). The van der Waals surface area contributed by atoms with Crippen LogP contribution in [0.25, 0.3) is 11.0 Å². The first kappa shape index (κ1) is 9.97. The SMILES string of the molecule is CCC(=O)c1cc2cc(C)cc(C)c2o1. The average Bonchev–Trinajstić information content (AvgIpc) is 2.60. The Bertz CT molecular complexity index is 521. The smallest absolute Gasteiger partial charge is 0.197 e. The molecule has 1 heterocycles. The maximum Gasteiger partial charge on any atom is 0.197 e. The van der Waals surface area contributed by atoms with Gasteiger partial charge in [0, 0.05) is 11.8 Å². The van der Waals surface area contributed by atoms with Crippen LogP contribution in [0.15, 0.2) is 22.6 Å². The summed E-state index contributed by atoms with van der Waals surface area (Å²) < 4.78 is 5.56. The molecule has 15 heavy (non-hydrogen) atoms. The predicted molar refractivity (Wildman–Crippen MR) is 60.3 cm³/mol. The van der Waals surface area contributed by atoms with Crippen LogP contribution in [-0.2, 0) is 0 Å². The monoisotopic (exact) mass is 202 g/mol. The molecule has 0 N–H and O–H groups in total. The summed E-state index contributed by atoms with van der Waals surface area (Å²) in [5.74, 6) is 0.532. The van der Waals surface area contributed by atoms with Gasteiger partial charge in [0.25, 0.3) is 0 Å². The van der Waals surface area contributed by atoms with Crippen LogP contribution in [0.4, 0.5) is 0 Å². The molecule has 2 aromatic rings. The van der Waals surface area contributed by atoms with Crippen LogP contribution < -0.4 is 0 Å². The lowest BCUT2D eigenvalue weighted by Crippen LogP contribution is -1.92. The maximum atomic E-state index is 11.5. The maximum absolute atomic E-state index is 11.5. The molecule has 0 saturated carbocycles. The number of furan rings is 1. The minimum absolute atomic E-state index is 0.0586. The number of benzene rings is 1. The highest BCUT2D eigenvalue weighted by atomic mass is 16.3. The van der Waals surface area contributed by atoms with Crippen LogP contribution in [0.1, 0.15) is 35.0 Å². The highest BCUT2D eigenvalue weighted by Gasteiger charge is 2.11. The Morgan fingerprint density at radius 2 is 2.00 bits per heavy atom. The topological polar surface area (TPSA) is 30.2 Å². The molecule has 1 aromatic carbocycles. The van der Waals surface area contributed by atoms with Crippen molar-refractivity contribution >= 4 is 16.8 Å². The molecule has 1 aromatic heterocycles. The van der Waals surface area contributed by atoms with Crippen LogP contribution in [0.3, 0.4) is 0 Å². The highest BCUT2D eigenvalue weighted by Crippen LogP contribution is 2.24. The summed E-state index contributed by atoms with van der Waals surface area (Å²) in [6.45, 7) is 5.88. The fraction of sp³-hybridized carbons (Fsp3) is 0.308. The van der Waals surface area contributed by atoms with Crippen molar-refractivity contribution in [2.24, 2.45) is 0 Å². The Balaban J connectivity index is 2.65. The molecule has 0 amide bonds. The molecule has 0 saturated heterocycles. The zero-order valence-corrected chi connectivity index (χ0v) is 9.26. The third-order valence-electron chi connectivity index (χ3n) is 2.54. The van der Waals surface area contributed by atoms with Crippen LogP contribution in [0.5, 0.6) is 0 Å². The zero-order chi connectivity index (χ0) is 11.0. The molecule has 2 nitrogen and oxygen atoms in total. The summed E-state index contributed by atoms with van der Waals surface area (Å²) in [7, 11) is 0. The summed E-state index contributed by atoms with van der Waals surface area (Å²) in [5.41, 5.74) is 3.11. The predicted octanol–water partition coefficient (Wildman–Crippen LogP) is 3.64. The number of carbonyl (C=O) groups is 1. The summed E-state index contributed by atoms with van der Waals surface area (Å²) in [6.07, 6.45) is 0.484. The first-order valence-corrected chi connectivity index (χ1v) is 5.16. The molecule has 0 aliphatic carbocycles. The van der Waals surface area contributed by atoms with Gasteiger partial charge < -0.3 is 4.42 Å². The molecule has 2 heteroatoms. The lowest BCUT2D eigenvalue weighted by molar-refractivity contribution is 0.0963. The van der Waals surface area contributed by atoms with Gasteiger partial charge in [-0.25, -0.2) is 0 Å². The molecule has 0 aliphatic heterocycles. The number of hydrogen-bond acceptors (Lipinski definition) is 2. The van der Waals surface area contributed by atoms with Crippen LogP contribution in [0.2, 0.25) is 0 Å². The first-order chi connectivity index (χ1) is 7.11. The van der Waals surface area contributed by atoms with E-state index in [1.54, 1.807) is 0 Å². The molecule has 0 spiro atoms. The number of fused-ring (bicyclic) bond motifs is 1. The Hall–Kier alpha value is -1.57. The third kappa shape index (κ3) is 1.67. The normalized spacial score (nSPS) is 10.9. The molecule has 0 fully saturated rings. The lowest BCUT2D eigenvalue weighted by atomic mass is 10.1. The van der Waals surface area contributed by atoms with Gasteiger partial charge in [0.2, 0.25) is 0 Å². The average molecular weight is 202 g/mol.